The Bertz CT molecular complexity index is 1310. The van der Waals surface area contributed by atoms with E-state index in [1.807, 2.05) is 0 Å². The van der Waals surface area contributed by atoms with E-state index in [1.54, 1.807) is 0 Å². The highest BCUT2D eigenvalue weighted by Crippen LogP contribution is 2.33. The van der Waals surface area contributed by atoms with Gasteiger partial charge in [0, 0.05) is 28.0 Å². The summed E-state index contributed by atoms with van der Waals surface area (Å²) in [5.41, 5.74) is 6.26. The van der Waals surface area contributed by atoms with Crippen LogP contribution in [0.15, 0.2) is 132 Å². The van der Waals surface area contributed by atoms with Gasteiger partial charge in [-0.15, -0.1) is 0 Å². The first kappa shape index (κ1) is 20.5. The van der Waals surface area contributed by atoms with Gasteiger partial charge in [0.05, 0.1) is 0 Å². The SMILES string of the molecule is Brc1ccc(N(C2=CC=CC=CC2)c2ccc(Cc3cccc4ccccc34)cc2)cc1. The fraction of sp³-hybridized carbons (Fsp3) is 0.0667. The fourth-order valence-electron chi connectivity index (χ4n) is 4.23. The normalized spacial score (nSPS) is 13.1. The van der Waals surface area contributed by atoms with Crippen LogP contribution in [0.2, 0.25) is 0 Å². The standard InChI is InChI=1S/C30H24BrN/c31-26-16-20-29(21-17-26)32(27-11-3-1-2-4-12-27)28-18-14-23(15-19-28)22-25-10-7-9-24-8-5-6-13-30(24)25/h1-11,13-21H,12,22H2. The number of nitrogens with zero attached hydrogens (tertiary/aromatic N) is 1. The molecule has 0 N–H and O–H groups in total. The molecule has 156 valence electrons. The van der Waals surface area contributed by atoms with Gasteiger partial charge in [0.2, 0.25) is 0 Å². The van der Waals surface area contributed by atoms with Gasteiger partial charge in [0.1, 0.15) is 0 Å². The Morgan fingerprint density at radius 1 is 0.688 bits per heavy atom. The molecule has 1 aliphatic rings. The van der Waals surface area contributed by atoms with Crippen LogP contribution in [0.1, 0.15) is 17.5 Å². The molecule has 32 heavy (non-hydrogen) atoms. The van der Waals surface area contributed by atoms with Crippen molar-refractivity contribution < 1.29 is 0 Å². The largest absolute Gasteiger partial charge is 0.314 e. The molecule has 0 amide bonds. The van der Waals surface area contributed by atoms with Crippen molar-refractivity contribution in [2.24, 2.45) is 0 Å². The molecule has 0 radical (unpaired) electrons. The van der Waals surface area contributed by atoms with Crippen LogP contribution >= 0.6 is 15.9 Å². The van der Waals surface area contributed by atoms with E-state index in [0.29, 0.717) is 0 Å². The predicted octanol–water partition coefficient (Wildman–Crippen LogP) is 8.73. The summed E-state index contributed by atoms with van der Waals surface area (Å²) in [6, 6.07) is 32.7. The number of allylic oxidation sites excluding steroid dienone is 5. The summed E-state index contributed by atoms with van der Waals surface area (Å²) in [5, 5.41) is 2.63. The first-order valence-corrected chi connectivity index (χ1v) is 11.7. The lowest BCUT2D eigenvalue weighted by molar-refractivity contribution is 1.08. The fourth-order valence-corrected chi connectivity index (χ4v) is 4.50. The molecule has 0 saturated heterocycles. The van der Waals surface area contributed by atoms with Crippen molar-refractivity contribution in [1.29, 1.82) is 0 Å². The lowest BCUT2D eigenvalue weighted by Gasteiger charge is -2.27. The zero-order valence-corrected chi connectivity index (χ0v) is 19.4. The number of benzene rings is 4. The minimum Gasteiger partial charge on any atom is -0.314 e. The third-order valence-electron chi connectivity index (χ3n) is 5.81. The minimum absolute atomic E-state index is 0.890. The van der Waals surface area contributed by atoms with Gasteiger partial charge in [-0.1, -0.05) is 94.8 Å². The molecule has 0 atom stereocenters. The second kappa shape index (κ2) is 9.42. The van der Waals surface area contributed by atoms with Crippen LogP contribution in [0, 0.1) is 0 Å². The summed E-state index contributed by atoms with van der Waals surface area (Å²) >= 11 is 3.56. The molecular weight excluding hydrogens is 454 g/mol. The number of halogens is 1. The van der Waals surface area contributed by atoms with Crippen molar-refractivity contribution in [3.63, 3.8) is 0 Å². The van der Waals surface area contributed by atoms with Gasteiger partial charge in [0.25, 0.3) is 0 Å². The topological polar surface area (TPSA) is 3.24 Å². The van der Waals surface area contributed by atoms with E-state index in [2.05, 4.69) is 142 Å². The second-order valence-electron chi connectivity index (χ2n) is 7.97. The first-order valence-electron chi connectivity index (χ1n) is 10.9. The minimum atomic E-state index is 0.890. The van der Waals surface area contributed by atoms with E-state index >= 15 is 0 Å². The molecule has 0 spiro atoms. The summed E-state index contributed by atoms with van der Waals surface area (Å²) in [6.45, 7) is 0. The highest BCUT2D eigenvalue weighted by atomic mass is 79.9. The smallest absolute Gasteiger partial charge is 0.0459 e. The molecule has 0 aliphatic heterocycles. The van der Waals surface area contributed by atoms with Crippen molar-refractivity contribution in [2.45, 2.75) is 12.8 Å². The van der Waals surface area contributed by atoms with Gasteiger partial charge < -0.3 is 4.90 Å². The third-order valence-corrected chi connectivity index (χ3v) is 6.34. The molecule has 0 bridgehead atoms. The van der Waals surface area contributed by atoms with Gasteiger partial charge in [-0.25, -0.2) is 0 Å². The maximum absolute atomic E-state index is 3.56. The van der Waals surface area contributed by atoms with E-state index in [1.165, 1.54) is 33.3 Å². The van der Waals surface area contributed by atoms with Gasteiger partial charge in [-0.2, -0.15) is 0 Å². The summed E-state index contributed by atoms with van der Waals surface area (Å²) < 4.78 is 1.08. The predicted molar refractivity (Wildman–Crippen MR) is 140 cm³/mol. The Balaban J connectivity index is 1.48. The van der Waals surface area contributed by atoms with E-state index in [0.717, 1.165) is 23.0 Å². The Labute approximate surface area is 198 Å². The summed E-state index contributed by atoms with van der Waals surface area (Å²) in [6.07, 6.45) is 12.5. The molecule has 4 aromatic carbocycles. The van der Waals surface area contributed by atoms with Crippen molar-refractivity contribution in [3.8, 4) is 0 Å². The van der Waals surface area contributed by atoms with Crippen molar-refractivity contribution >= 4 is 38.1 Å². The van der Waals surface area contributed by atoms with E-state index in [4.69, 9.17) is 0 Å². The quantitative estimate of drug-likeness (QED) is 0.277. The average molecular weight is 478 g/mol. The number of fused-ring (bicyclic) bond motifs is 1. The van der Waals surface area contributed by atoms with Crippen molar-refractivity contribution in [2.75, 3.05) is 4.90 Å². The Morgan fingerprint density at radius 2 is 1.41 bits per heavy atom. The Morgan fingerprint density at radius 3 is 2.22 bits per heavy atom. The van der Waals surface area contributed by atoms with Crippen LogP contribution in [-0.2, 0) is 6.42 Å². The van der Waals surface area contributed by atoms with Crippen LogP contribution in [0.25, 0.3) is 10.8 Å². The van der Waals surface area contributed by atoms with Crippen LogP contribution < -0.4 is 4.90 Å². The third kappa shape index (κ3) is 4.46. The van der Waals surface area contributed by atoms with Crippen molar-refractivity contribution in [1.82, 2.24) is 0 Å². The van der Waals surface area contributed by atoms with Crippen LogP contribution in [0.3, 0.4) is 0 Å². The zero-order chi connectivity index (χ0) is 21.8. The number of anilines is 2. The van der Waals surface area contributed by atoms with Crippen molar-refractivity contribution in [3.05, 3.63) is 143 Å². The van der Waals surface area contributed by atoms with Gasteiger partial charge in [-0.05, 0) is 70.8 Å². The Kier molecular flexibility index (Phi) is 6.04. The van der Waals surface area contributed by atoms with Crippen LogP contribution in [-0.4, -0.2) is 0 Å². The maximum Gasteiger partial charge on any atom is 0.0459 e. The summed E-state index contributed by atoms with van der Waals surface area (Å²) in [7, 11) is 0. The lowest BCUT2D eigenvalue weighted by Crippen LogP contribution is -2.16. The summed E-state index contributed by atoms with van der Waals surface area (Å²) in [5.74, 6) is 0. The lowest BCUT2D eigenvalue weighted by atomic mass is 9.98. The molecule has 0 fully saturated rings. The van der Waals surface area contributed by atoms with Gasteiger partial charge in [-0.3, -0.25) is 0 Å². The molecule has 1 nitrogen and oxygen atoms in total. The van der Waals surface area contributed by atoms with Gasteiger partial charge >= 0.3 is 0 Å². The van der Waals surface area contributed by atoms with Gasteiger partial charge in [0.15, 0.2) is 0 Å². The molecule has 0 aromatic heterocycles. The van der Waals surface area contributed by atoms with E-state index in [9.17, 15) is 0 Å². The molecule has 1 aliphatic carbocycles. The molecule has 0 saturated carbocycles. The van der Waals surface area contributed by atoms with E-state index in [-0.39, 0.29) is 0 Å². The summed E-state index contributed by atoms with van der Waals surface area (Å²) in [4.78, 5) is 2.34. The maximum atomic E-state index is 3.56. The average Bonchev–Trinajstić information content (AvgIpc) is 3.11. The van der Waals surface area contributed by atoms with Crippen LogP contribution in [0.4, 0.5) is 11.4 Å². The highest BCUT2D eigenvalue weighted by Gasteiger charge is 2.14. The number of hydrogen-bond acceptors (Lipinski definition) is 1. The second-order valence-corrected chi connectivity index (χ2v) is 8.88. The van der Waals surface area contributed by atoms with E-state index < -0.39 is 0 Å². The van der Waals surface area contributed by atoms with Crippen LogP contribution in [0.5, 0.6) is 0 Å². The molecular formula is C30H24BrN. The number of hydrogen-bond donors (Lipinski definition) is 0. The molecule has 2 heteroatoms. The molecule has 0 heterocycles. The molecule has 0 unspecified atom stereocenters. The number of rotatable bonds is 5. The Hall–Kier alpha value is -3.36. The first-order chi connectivity index (χ1) is 15.8. The molecule has 4 aromatic rings. The molecule has 5 rings (SSSR count). The highest BCUT2D eigenvalue weighted by molar-refractivity contribution is 9.10. The monoisotopic (exact) mass is 477 g/mol. The zero-order valence-electron chi connectivity index (χ0n) is 17.8.